The molecule has 20 heavy (non-hydrogen) atoms. The summed E-state index contributed by atoms with van der Waals surface area (Å²) >= 11 is 1.44. The number of nitrogens with two attached hydrogens (primary N) is 1. The molecule has 0 saturated carbocycles. The van der Waals surface area contributed by atoms with Crippen LogP contribution in [0.4, 0.5) is 17.6 Å². The van der Waals surface area contributed by atoms with Crippen LogP contribution >= 0.6 is 11.3 Å². The van der Waals surface area contributed by atoms with Crippen LogP contribution in [0.15, 0.2) is 35.8 Å². The Labute approximate surface area is 119 Å². The molecule has 2 heterocycles. The molecule has 8 heteroatoms. The molecule has 0 atom stereocenters. The quantitative estimate of drug-likeness (QED) is 0.763. The number of hydrogen-bond donors (Lipinski definition) is 2. The van der Waals surface area contributed by atoms with E-state index in [2.05, 4.69) is 20.4 Å². The zero-order chi connectivity index (χ0) is 13.9. The summed E-state index contributed by atoms with van der Waals surface area (Å²) in [6.45, 7) is 0. The number of nitrogens with one attached hydrogen (secondary N) is 1. The predicted molar refractivity (Wildman–Crippen MR) is 77.7 cm³/mol. The van der Waals surface area contributed by atoms with Gasteiger partial charge in [0.15, 0.2) is 0 Å². The lowest BCUT2D eigenvalue weighted by Gasteiger charge is -2.03. The third kappa shape index (κ3) is 2.41. The van der Waals surface area contributed by atoms with Crippen molar-refractivity contribution in [1.29, 1.82) is 0 Å². The number of thiazole rings is 1. The van der Waals surface area contributed by atoms with E-state index >= 15 is 0 Å². The molecule has 0 unspecified atom stereocenters. The molecule has 2 aromatic heterocycles. The predicted octanol–water partition coefficient (Wildman–Crippen LogP) is 2.06. The van der Waals surface area contributed by atoms with E-state index in [4.69, 9.17) is 10.5 Å². The standard InChI is InChI=1S/C12H12N6OS/c1-19-9-4-2-8(3-5-9)15-11-16-10(13)18(17-11)12-14-6-7-20-12/h2-7H,1H3,(H3,13,15,16,17). The number of nitrogens with zero attached hydrogens (tertiary/aromatic N) is 4. The van der Waals surface area contributed by atoms with E-state index in [-0.39, 0.29) is 5.95 Å². The van der Waals surface area contributed by atoms with Gasteiger partial charge in [-0.15, -0.1) is 16.4 Å². The number of aromatic nitrogens is 4. The van der Waals surface area contributed by atoms with Crippen LogP contribution in [0.2, 0.25) is 0 Å². The first-order chi connectivity index (χ1) is 9.76. The van der Waals surface area contributed by atoms with Gasteiger partial charge in [0.05, 0.1) is 7.11 Å². The molecule has 0 aliphatic heterocycles. The Hall–Kier alpha value is -2.61. The van der Waals surface area contributed by atoms with Gasteiger partial charge in [0.25, 0.3) is 0 Å². The second kappa shape index (κ2) is 5.17. The molecule has 0 radical (unpaired) electrons. The molecule has 3 aromatic rings. The van der Waals surface area contributed by atoms with Crippen molar-refractivity contribution in [2.24, 2.45) is 0 Å². The molecule has 0 saturated heterocycles. The smallest absolute Gasteiger partial charge is 0.248 e. The molecule has 0 aliphatic rings. The summed E-state index contributed by atoms with van der Waals surface area (Å²) in [7, 11) is 1.63. The fourth-order valence-electron chi connectivity index (χ4n) is 1.64. The first-order valence-electron chi connectivity index (χ1n) is 5.80. The van der Waals surface area contributed by atoms with Gasteiger partial charge >= 0.3 is 0 Å². The molecule has 0 fully saturated rings. The summed E-state index contributed by atoms with van der Waals surface area (Å²) in [6, 6.07) is 7.45. The number of benzene rings is 1. The second-order valence-corrected chi connectivity index (χ2v) is 4.75. The van der Waals surface area contributed by atoms with Crippen LogP contribution in [0.5, 0.6) is 5.75 Å². The number of rotatable bonds is 4. The monoisotopic (exact) mass is 288 g/mol. The van der Waals surface area contributed by atoms with E-state index in [9.17, 15) is 0 Å². The molecular weight excluding hydrogens is 276 g/mol. The topological polar surface area (TPSA) is 90.9 Å². The lowest BCUT2D eigenvalue weighted by molar-refractivity contribution is 0.415. The van der Waals surface area contributed by atoms with Crippen LogP contribution < -0.4 is 15.8 Å². The van der Waals surface area contributed by atoms with Crippen molar-refractivity contribution in [2.45, 2.75) is 0 Å². The Bertz CT molecular complexity index is 691. The maximum Gasteiger partial charge on any atom is 0.248 e. The van der Waals surface area contributed by atoms with Gasteiger partial charge in [0.2, 0.25) is 17.0 Å². The first-order valence-corrected chi connectivity index (χ1v) is 6.68. The van der Waals surface area contributed by atoms with Crippen LogP contribution in [0.25, 0.3) is 5.13 Å². The van der Waals surface area contributed by atoms with Crippen molar-refractivity contribution >= 4 is 28.9 Å². The number of hydrogen-bond acceptors (Lipinski definition) is 7. The number of ether oxygens (including phenoxy) is 1. The van der Waals surface area contributed by atoms with Crippen molar-refractivity contribution < 1.29 is 4.74 Å². The highest BCUT2D eigenvalue weighted by Crippen LogP contribution is 2.20. The number of nitrogen functional groups attached to an aromatic ring is 1. The fourth-order valence-corrected chi connectivity index (χ4v) is 2.24. The highest BCUT2D eigenvalue weighted by Gasteiger charge is 2.10. The van der Waals surface area contributed by atoms with Crippen molar-refractivity contribution in [3.63, 3.8) is 0 Å². The molecule has 0 bridgehead atoms. The van der Waals surface area contributed by atoms with Crippen LogP contribution in [-0.4, -0.2) is 26.9 Å². The van der Waals surface area contributed by atoms with Crippen LogP contribution in [0, 0.1) is 0 Å². The molecular formula is C12H12N6OS. The fraction of sp³-hybridized carbons (Fsp3) is 0.0833. The van der Waals surface area contributed by atoms with E-state index in [1.807, 2.05) is 29.6 Å². The summed E-state index contributed by atoms with van der Waals surface area (Å²) in [6.07, 6.45) is 1.69. The minimum atomic E-state index is 0.288. The molecule has 7 nitrogen and oxygen atoms in total. The third-order valence-electron chi connectivity index (χ3n) is 2.58. The van der Waals surface area contributed by atoms with Gasteiger partial charge < -0.3 is 15.8 Å². The van der Waals surface area contributed by atoms with E-state index in [0.717, 1.165) is 11.4 Å². The lowest BCUT2D eigenvalue weighted by Crippen LogP contribution is -2.01. The summed E-state index contributed by atoms with van der Waals surface area (Å²) < 4.78 is 6.60. The first kappa shape index (κ1) is 12.4. The summed E-state index contributed by atoms with van der Waals surface area (Å²) in [5.74, 6) is 1.50. The average Bonchev–Trinajstić information content (AvgIpc) is 3.09. The minimum Gasteiger partial charge on any atom is -0.497 e. The lowest BCUT2D eigenvalue weighted by atomic mass is 10.3. The maximum atomic E-state index is 5.83. The van der Waals surface area contributed by atoms with E-state index in [1.54, 1.807) is 13.3 Å². The summed E-state index contributed by atoms with van der Waals surface area (Å²) in [5, 5.41) is 9.89. The Morgan fingerprint density at radius 2 is 2.10 bits per heavy atom. The van der Waals surface area contributed by atoms with Gasteiger partial charge in [-0.3, -0.25) is 0 Å². The van der Waals surface area contributed by atoms with Gasteiger partial charge in [0, 0.05) is 17.3 Å². The Morgan fingerprint density at radius 1 is 1.30 bits per heavy atom. The Morgan fingerprint density at radius 3 is 2.75 bits per heavy atom. The van der Waals surface area contributed by atoms with E-state index in [0.29, 0.717) is 11.1 Å². The zero-order valence-electron chi connectivity index (χ0n) is 10.6. The maximum absolute atomic E-state index is 5.83. The van der Waals surface area contributed by atoms with Gasteiger partial charge in [-0.2, -0.15) is 9.67 Å². The van der Waals surface area contributed by atoms with Crippen molar-refractivity contribution in [1.82, 2.24) is 19.7 Å². The van der Waals surface area contributed by atoms with E-state index in [1.165, 1.54) is 16.0 Å². The van der Waals surface area contributed by atoms with Gasteiger partial charge in [-0.05, 0) is 24.3 Å². The Balaban J connectivity index is 1.82. The van der Waals surface area contributed by atoms with Crippen molar-refractivity contribution in [3.05, 3.63) is 35.8 Å². The summed E-state index contributed by atoms with van der Waals surface area (Å²) in [5.41, 5.74) is 6.68. The number of anilines is 3. The van der Waals surface area contributed by atoms with Crippen LogP contribution in [0.1, 0.15) is 0 Å². The SMILES string of the molecule is COc1ccc(Nc2nc(N)n(-c3nccs3)n2)cc1. The molecule has 1 aromatic carbocycles. The molecule has 0 spiro atoms. The second-order valence-electron chi connectivity index (χ2n) is 3.87. The van der Waals surface area contributed by atoms with Crippen LogP contribution in [-0.2, 0) is 0 Å². The van der Waals surface area contributed by atoms with Crippen molar-refractivity contribution in [3.8, 4) is 10.9 Å². The van der Waals surface area contributed by atoms with Crippen LogP contribution in [0.3, 0.4) is 0 Å². The zero-order valence-corrected chi connectivity index (χ0v) is 11.5. The highest BCUT2D eigenvalue weighted by atomic mass is 32.1. The van der Waals surface area contributed by atoms with Gasteiger partial charge in [0.1, 0.15) is 5.75 Å². The largest absolute Gasteiger partial charge is 0.497 e. The minimum absolute atomic E-state index is 0.288. The van der Waals surface area contributed by atoms with Gasteiger partial charge in [-0.1, -0.05) is 0 Å². The number of methoxy groups -OCH3 is 1. The van der Waals surface area contributed by atoms with E-state index < -0.39 is 0 Å². The van der Waals surface area contributed by atoms with Crippen molar-refractivity contribution in [2.75, 3.05) is 18.2 Å². The third-order valence-corrected chi connectivity index (χ3v) is 3.33. The molecule has 0 amide bonds. The molecule has 0 aliphatic carbocycles. The highest BCUT2D eigenvalue weighted by molar-refractivity contribution is 7.12. The molecule has 102 valence electrons. The normalized spacial score (nSPS) is 10.4. The molecule has 3 N–H and O–H groups in total. The molecule has 3 rings (SSSR count). The summed E-state index contributed by atoms with van der Waals surface area (Å²) in [4.78, 5) is 8.30. The Kier molecular flexibility index (Phi) is 3.21. The van der Waals surface area contributed by atoms with Gasteiger partial charge in [-0.25, -0.2) is 4.98 Å². The average molecular weight is 288 g/mol.